The van der Waals surface area contributed by atoms with Crippen molar-refractivity contribution in [3.8, 4) is 0 Å². The van der Waals surface area contributed by atoms with Gasteiger partial charge in [0.05, 0.1) is 12.5 Å². The second-order valence-electron chi connectivity index (χ2n) is 5.52. The van der Waals surface area contributed by atoms with Crippen molar-refractivity contribution in [1.82, 2.24) is 0 Å². The molecule has 3 nitrogen and oxygen atoms in total. The Morgan fingerprint density at radius 3 is 2.74 bits per heavy atom. The highest BCUT2D eigenvalue weighted by atomic mass is 28.1. The third-order valence-corrected chi connectivity index (χ3v) is 4.01. The Hall–Kier alpha value is -1.55. The normalized spacial score (nSPS) is 18.4. The van der Waals surface area contributed by atoms with E-state index in [1.807, 2.05) is 18.2 Å². The molecule has 1 atom stereocenters. The van der Waals surface area contributed by atoms with Gasteiger partial charge >= 0.3 is 5.97 Å². The number of ether oxygens (including phenoxy) is 1. The number of methoxy groups -OCH3 is 1. The largest absolute Gasteiger partial charge is 0.468 e. The predicted molar refractivity (Wildman–Crippen MR) is 82.2 cm³/mol. The number of nitrogen functional groups attached to an aromatic ring is 1. The van der Waals surface area contributed by atoms with Crippen molar-refractivity contribution < 1.29 is 9.53 Å². The van der Waals surface area contributed by atoms with Crippen LogP contribution in [0.5, 0.6) is 0 Å². The van der Waals surface area contributed by atoms with Gasteiger partial charge in [-0.15, -0.1) is 0 Å². The van der Waals surface area contributed by atoms with Gasteiger partial charge in [-0.1, -0.05) is 25.1 Å². The van der Waals surface area contributed by atoms with E-state index in [0.717, 1.165) is 39.9 Å². The predicted octanol–water partition coefficient (Wildman–Crippen LogP) is 1.66. The number of nitrogens with two attached hydrogens (primary N) is 1. The van der Waals surface area contributed by atoms with Crippen molar-refractivity contribution in [2.75, 3.05) is 12.8 Å². The first kappa shape index (κ1) is 13.9. The highest BCUT2D eigenvalue weighted by molar-refractivity contribution is 6.13. The lowest BCUT2D eigenvalue weighted by atomic mass is 9.93. The highest BCUT2D eigenvalue weighted by Crippen LogP contribution is 2.49. The number of esters is 1. The lowest BCUT2D eigenvalue weighted by Gasteiger charge is -2.14. The lowest BCUT2D eigenvalue weighted by Crippen LogP contribution is -2.22. The Balaban J connectivity index is 2.34. The fourth-order valence-corrected chi connectivity index (χ4v) is 2.44. The SMILES string of the molecule is COC(=O)C1(c2ccc(N)c(C=CC(C)[SiH3])c2)CC1. The summed E-state index contributed by atoms with van der Waals surface area (Å²) in [5.41, 5.74) is 8.95. The molecule has 1 aromatic rings. The van der Waals surface area contributed by atoms with Gasteiger partial charge < -0.3 is 10.5 Å². The molecular weight excluding hydrogens is 254 g/mol. The summed E-state index contributed by atoms with van der Waals surface area (Å²) in [6, 6.07) is 5.86. The van der Waals surface area contributed by atoms with Crippen LogP contribution in [0.2, 0.25) is 5.54 Å². The molecule has 2 rings (SSSR count). The number of anilines is 1. The van der Waals surface area contributed by atoms with Crippen LogP contribution >= 0.6 is 0 Å². The molecule has 102 valence electrons. The molecule has 0 aliphatic heterocycles. The number of hydrogen-bond acceptors (Lipinski definition) is 3. The van der Waals surface area contributed by atoms with Gasteiger partial charge in [-0.2, -0.15) is 0 Å². The summed E-state index contributed by atoms with van der Waals surface area (Å²) in [5, 5.41) is 0. The summed E-state index contributed by atoms with van der Waals surface area (Å²) in [4.78, 5) is 11.9. The highest BCUT2D eigenvalue weighted by Gasteiger charge is 2.52. The first-order chi connectivity index (χ1) is 8.99. The topological polar surface area (TPSA) is 52.3 Å². The van der Waals surface area contributed by atoms with Crippen LogP contribution in [-0.4, -0.2) is 23.3 Å². The van der Waals surface area contributed by atoms with E-state index in [9.17, 15) is 4.79 Å². The van der Waals surface area contributed by atoms with Gasteiger partial charge in [-0.05, 0) is 41.6 Å². The Morgan fingerprint density at radius 2 is 2.21 bits per heavy atom. The van der Waals surface area contributed by atoms with Crippen LogP contribution in [-0.2, 0) is 14.9 Å². The molecular formula is C15H21NO2Si. The smallest absolute Gasteiger partial charge is 0.316 e. The second-order valence-corrected chi connectivity index (χ2v) is 7.34. The van der Waals surface area contributed by atoms with E-state index in [0.29, 0.717) is 5.54 Å². The van der Waals surface area contributed by atoms with Crippen LogP contribution in [0.1, 0.15) is 30.9 Å². The molecule has 1 aliphatic carbocycles. The maximum Gasteiger partial charge on any atom is 0.316 e. The molecule has 2 N–H and O–H groups in total. The monoisotopic (exact) mass is 275 g/mol. The average molecular weight is 275 g/mol. The molecule has 4 heteroatoms. The van der Waals surface area contributed by atoms with Gasteiger partial charge in [0.2, 0.25) is 0 Å². The third-order valence-electron chi connectivity index (χ3n) is 3.63. The van der Waals surface area contributed by atoms with Crippen LogP contribution in [0, 0.1) is 0 Å². The number of carbonyl (C=O) groups is 1. The lowest BCUT2D eigenvalue weighted by molar-refractivity contribution is -0.143. The Bertz CT molecular complexity index is 519. The number of hydrogen-bond donors (Lipinski definition) is 1. The number of allylic oxidation sites excluding steroid dienone is 1. The quantitative estimate of drug-likeness (QED) is 0.516. The van der Waals surface area contributed by atoms with E-state index in [4.69, 9.17) is 10.5 Å². The minimum atomic E-state index is -0.419. The number of benzene rings is 1. The van der Waals surface area contributed by atoms with Crippen molar-refractivity contribution in [2.24, 2.45) is 0 Å². The fourth-order valence-electron chi connectivity index (χ4n) is 2.24. The Morgan fingerprint density at radius 1 is 1.53 bits per heavy atom. The Labute approximate surface area is 117 Å². The van der Waals surface area contributed by atoms with Crippen LogP contribution in [0.4, 0.5) is 5.69 Å². The second kappa shape index (κ2) is 5.21. The minimum Gasteiger partial charge on any atom is -0.468 e. The first-order valence-electron chi connectivity index (χ1n) is 6.66. The molecule has 1 aliphatic rings. The molecule has 1 unspecified atom stereocenters. The molecule has 0 heterocycles. The summed E-state index contributed by atoms with van der Waals surface area (Å²) in [6.07, 6.45) is 5.96. The van der Waals surface area contributed by atoms with E-state index >= 15 is 0 Å². The summed E-state index contributed by atoms with van der Waals surface area (Å²) in [5.74, 6) is -0.136. The maximum atomic E-state index is 11.9. The first-order valence-corrected chi connectivity index (χ1v) is 7.82. The van der Waals surface area contributed by atoms with E-state index in [-0.39, 0.29) is 5.97 Å². The van der Waals surface area contributed by atoms with E-state index in [2.05, 4.69) is 19.1 Å². The van der Waals surface area contributed by atoms with Gasteiger partial charge in [0.1, 0.15) is 0 Å². The van der Waals surface area contributed by atoms with E-state index in [1.165, 1.54) is 7.11 Å². The van der Waals surface area contributed by atoms with E-state index in [1.54, 1.807) is 0 Å². The van der Waals surface area contributed by atoms with Crippen molar-refractivity contribution in [3.05, 3.63) is 35.4 Å². The zero-order chi connectivity index (χ0) is 14.0. The third kappa shape index (κ3) is 2.73. The molecule has 0 aromatic heterocycles. The van der Waals surface area contributed by atoms with E-state index < -0.39 is 5.41 Å². The van der Waals surface area contributed by atoms with Gasteiger partial charge in [0.15, 0.2) is 0 Å². The maximum absolute atomic E-state index is 11.9. The van der Waals surface area contributed by atoms with Gasteiger partial charge in [-0.3, -0.25) is 4.79 Å². The molecule has 0 amide bonds. The molecule has 0 radical (unpaired) electrons. The minimum absolute atomic E-state index is 0.136. The van der Waals surface area contributed by atoms with Crippen molar-refractivity contribution in [1.29, 1.82) is 0 Å². The summed E-state index contributed by atoms with van der Waals surface area (Å²) < 4.78 is 4.92. The molecule has 0 bridgehead atoms. The molecule has 19 heavy (non-hydrogen) atoms. The van der Waals surface area contributed by atoms with Crippen molar-refractivity contribution in [2.45, 2.75) is 30.7 Å². The average Bonchev–Trinajstić information content (AvgIpc) is 3.18. The molecule has 0 saturated heterocycles. The molecule has 1 aromatic carbocycles. The zero-order valence-corrected chi connectivity index (χ0v) is 13.8. The van der Waals surface area contributed by atoms with Crippen LogP contribution < -0.4 is 5.73 Å². The number of carbonyl (C=O) groups excluding carboxylic acids is 1. The summed E-state index contributed by atoms with van der Waals surface area (Å²) in [6.45, 7) is 2.18. The summed E-state index contributed by atoms with van der Waals surface area (Å²) in [7, 11) is 2.57. The standard InChI is InChI=1S/C15H21NO2Si/c1-10(19)3-4-11-9-12(5-6-13(11)16)15(7-8-15)14(17)18-2/h3-6,9-10H,7-8,16H2,1-2,19H3. The fraction of sp³-hybridized carbons (Fsp3) is 0.400. The zero-order valence-electron chi connectivity index (χ0n) is 11.8. The van der Waals surface area contributed by atoms with Gasteiger partial charge in [-0.25, -0.2) is 0 Å². The van der Waals surface area contributed by atoms with Gasteiger partial charge in [0.25, 0.3) is 0 Å². The Kier molecular flexibility index (Phi) is 3.80. The number of rotatable bonds is 4. The van der Waals surface area contributed by atoms with Crippen molar-refractivity contribution in [3.63, 3.8) is 0 Å². The van der Waals surface area contributed by atoms with Crippen LogP contribution in [0.25, 0.3) is 6.08 Å². The van der Waals surface area contributed by atoms with Crippen LogP contribution in [0.15, 0.2) is 24.3 Å². The van der Waals surface area contributed by atoms with Gasteiger partial charge in [0, 0.05) is 15.9 Å². The van der Waals surface area contributed by atoms with Crippen molar-refractivity contribution >= 4 is 28.0 Å². The summed E-state index contributed by atoms with van der Waals surface area (Å²) >= 11 is 0. The molecule has 1 fully saturated rings. The molecule has 0 spiro atoms. The van der Waals surface area contributed by atoms with Crippen LogP contribution in [0.3, 0.4) is 0 Å². The molecule has 1 saturated carbocycles.